The van der Waals surface area contributed by atoms with Crippen LogP contribution in [-0.2, 0) is 9.59 Å². The Morgan fingerprint density at radius 1 is 1.08 bits per heavy atom. The molecule has 39 heavy (non-hydrogen) atoms. The molecule has 4 unspecified atom stereocenters. The van der Waals surface area contributed by atoms with Gasteiger partial charge in [0, 0.05) is 31.6 Å². The molecule has 1 N–H and O–H groups in total. The molecule has 2 aliphatic rings. The third kappa shape index (κ3) is 8.84. The van der Waals surface area contributed by atoms with Crippen molar-refractivity contribution < 1.29 is 28.7 Å². The van der Waals surface area contributed by atoms with Crippen LogP contribution in [-0.4, -0.2) is 98.0 Å². The minimum absolute atomic E-state index is 0.123. The van der Waals surface area contributed by atoms with E-state index in [1.54, 1.807) is 0 Å². The number of unbranched alkanes of at least 4 members (excludes halogenated alkanes) is 2. The van der Waals surface area contributed by atoms with Crippen LogP contribution in [0.15, 0.2) is 18.2 Å². The smallest absolute Gasteiger partial charge is 0.308 e. The lowest BCUT2D eigenvalue weighted by molar-refractivity contribution is -0.870. The van der Waals surface area contributed by atoms with E-state index in [0.29, 0.717) is 24.0 Å². The van der Waals surface area contributed by atoms with Crippen molar-refractivity contribution in [1.82, 2.24) is 9.80 Å². The fraction of sp³-hybridized carbons (Fsp3) is 0.742. The molecule has 1 fully saturated rings. The number of amides is 1. The van der Waals surface area contributed by atoms with Gasteiger partial charge >= 0.3 is 5.97 Å². The second-order valence-corrected chi connectivity index (χ2v) is 12.7. The van der Waals surface area contributed by atoms with E-state index >= 15 is 0 Å². The minimum Gasteiger partial charge on any atom is -0.481 e. The molecule has 1 saturated heterocycles. The van der Waals surface area contributed by atoms with Gasteiger partial charge < -0.3 is 24.0 Å². The summed E-state index contributed by atoms with van der Waals surface area (Å²) in [5.74, 6) is 0.300. The monoisotopic (exact) mass is 546 g/mol. The molecule has 0 radical (unpaired) electrons. The first-order valence-electron chi connectivity index (χ1n) is 15.0. The molecule has 1 aromatic rings. The number of hydrogen-bond donors (Lipinski definition) is 1. The molecule has 1 aromatic carbocycles. The van der Waals surface area contributed by atoms with Crippen LogP contribution in [0.2, 0.25) is 0 Å². The largest absolute Gasteiger partial charge is 0.481 e. The third-order valence-corrected chi connectivity index (χ3v) is 8.26. The lowest BCUT2D eigenvalue weighted by Crippen LogP contribution is -2.45. The number of carbonyl (C=O) groups is 2. The van der Waals surface area contributed by atoms with Crippen molar-refractivity contribution in [2.24, 2.45) is 11.8 Å². The molecule has 8 nitrogen and oxygen atoms in total. The Labute approximate surface area is 235 Å². The maximum absolute atomic E-state index is 13.7. The fourth-order valence-electron chi connectivity index (χ4n) is 6.16. The molecule has 220 valence electrons. The summed E-state index contributed by atoms with van der Waals surface area (Å²) < 4.78 is 12.0. The number of benzene rings is 1. The molecule has 0 aliphatic carbocycles. The van der Waals surface area contributed by atoms with Crippen LogP contribution in [0, 0.1) is 11.8 Å². The normalized spacial score (nSPS) is 21.7. The van der Waals surface area contributed by atoms with Crippen molar-refractivity contribution >= 4 is 11.9 Å². The van der Waals surface area contributed by atoms with Crippen molar-refractivity contribution in [3.63, 3.8) is 0 Å². The average Bonchev–Trinajstić information content (AvgIpc) is 3.47. The number of nitrogens with zero attached hydrogens (tertiary/aromatic N) is 3. The topological polar surface area (TPSA) is 79.3 Å². The third-order valence-electron chi connectivity index (χ3n) is 8.26. The SMILES string of the molecule is CCCCN(CCCC[N+](C)(C)C)C(=O)CN1CC(c2ccc3c(c2)OCO3)C(C(=O)O)C1CC(C)CCC. The second-order valence-electron chi connectivity index (χ2n) is 12.7. The number of carboxylic acids is 1. The lowest BCUT2D eigenvalue weighted by atomic mass is 9.81. The number of carboxylic acid groups (broad SMARTS) is 1. The maximum atomic E-state index is 13.7. The molecule has 0 spiro atoms. The summed E-state index contributed by atoms with van der Waals surface area (Å²) in [5.41, 5.74) is 0.942. The average molecular weight is 547 g/mol. The summed E-state index contributed by atoms with van der Waals surface area (Å²) in [4.78, 5) is 30.7. The number of carbonyl (C=O) groups excluding carboxylic acids is 1. The molecule has 4 atom stereocenters. The van der Waals surface area contributed by atoms with Crippen LogP contribution in [0.3, 0.4) is 0 Å². The lowest BCUT2D eigenvalue weighted by Gasteiger charge is -2.31. The van der Waals surface area contributed by atoms with E-state index in [2.05, 4.69) is 46.8 Å². The quantitative estimate of drug-likeness (QED) is 0.236. The van der Waals surface area contributed by atoms with Crippen LogP contribution < -0.4 is 9.47 Å². The summed E-state index contributed by atoms with van der Waals surface area (Å²) in [6.07, 6.45) is 6.97. The number of rotatable bonds is 16. The number of ether oxygens (including phenoxy) is 2. The summed E-state index contributed by atoms with van der Waals surface area (Å²) in [6.45, 7) is 10.1. The van der Waals surface area contributed by atoms with E-state index in [1.165, 1.54) is 0 Å². The highest BCUT2D eigenvalue weighted by Gasteiger charge is 2.47. The molecular formula is C31H52N3O5+. The molecule has 2 heterocycles. The minimum atomic E-state index is -0.788. The van der Waals surface area contributed by atoms with Crippen molar-refractivity contribution in [2.45, 2.75) is 77.7 Å². The van der Waals surface area contributed by atoms with E-state index in [9.17, 15) is 14.7 Å². The zero-order valence-corrected chi connectivity index (χ0v) is 25.2. The van der Waals surface area contributed by atoms with Gasteiger partial charge in [0.1, 0.15) is 0 Å². The number of hydrogen-bond acceptors (Lipinski definition) is 5. The molecule has 0 aromatic heterocycles. The van der Waals surface area contributed by atoms with Crippen LogP contribution in [0.1, 0.15) is 77.2 Å². The van der Waals surface area contributed by atoms with Gasteiger partial charge in [-0.2, -0.15) is 0 Å². The molecule has 8 heteroatoms. The Kier molecular flexibility index (Phi) is 11.5. The Bertz CT molecular complexity index is 947. The zero-order valence-electron chi connectivity index (χ0n) is 25.2. The highest BCUT2D eigenvalue weighted by atomic mass is 16.7. The summed E-state index contributed by atoms with van der Waals surface area (Å²) >= 11 is 0. The van der Waals surface area contributed by atoms with Gasteiger partial charge in [-0.05, 0) is 49.3 Å². The van der Waals surface area contributed by atoms with Gasteiger partial charge in [0.2, 0.25) is 12.7 Å². The van der Waals surface area contributed by atoms with E-state index in [4.69, 9.17) is 9.47 Å². The first kappa shape index (κ1) is 31.2. The standard InChI is InChI=1S/C31H51N3O5/c1-7-9-15-32(16-10-11-17-34(4,5)6)29(35)21-33-20-25(24-13-14-27-28(19-24)39-22-38-27)30(31(36)37)26(33)18-23(3)12-8-2/h13-14,19,23,25-26,30H,7-12,15-18,20-22H2,1-6H3/p+1. The molecule has 0 saturated carbocycles. The van der Waals surface area contributed by atoms with E-state index < -0.39 is 11.9 Å². The Morgan fingerprint density at radius 3 is 2.46 bits per heavy atom. The summed E-state index contributed by atoms with van der Waals surface area (Å²) in [5, 5.41) is 10.5. The number of quaternary nitrogens is 1. The van der Waals surface area contributed by atoms with Gasteiger partial charge in [-0.15, -0.1) is 0 Å². The molecule has 0 bridgehead atoms. The Balaban J connectivity index is 1.80. The highest BCUT2D eigenvalue weighted by Crippen LogP contribution is 2.43. The van der Waals surface area contributed by atoms with Crippen molar-refractivity contribution in [1.29, 1.82) is 0 Å². The Morgan fingerprint density at radius 2 is 1.79 bits per heavy atom. The zero-order chi connectivity index (χ0) is 28.6. The van der Waals surface area contributed by atoms with E-state index in [-0.39, 0.29) is 31.2 Å². The van der Waals surface area contributed by atoms with Gasteiger partial charge in [0.25, 0.3) is 0 Å². The summed E-state index contributed by atoms with van der Waals surface area (Å²) in [6, 6.07) is 5.59. The van der Waals surface area contributed by atoms with Gasteiger partial charge in [-0.25, -0.2) is 0 Å². The van der Waals surface area contributed by atoms with Crippen molar-refractivity contribution in [3.8, 4) is 11.5 Å². The van der Waals surface area contributed by atoms with Crippen LogP contribution in [0.25, 0.3) is 0 Å². The van der Waals surface area contributed by atoms with Gasteiger partial charge in [-0.3, -0.25) is 14.5 Å². The van der Waals surface area contributed by atoms with Gasteiger partial charge in [0.15, 0.2) is 11.5 Å². The van der Waals surface area contributed by atoms with Crippen molar-refractivity contribution in [3.05, 3.63) is 23.8 Å². The first-order chi connectivity index (χ1) is 18.5. The predicted octanol–water partition coefficient (Wildman–Crippen LogP) is 4.83. The van der Waals surface area contributed by atoms with E-state index in [1.807, 2.05) is 23.1 Å². The highest BCUT2D eigenvalue weighted by molar-refractivity contribution is 5.79. The predicted molar refractivity (Wildman–Crippen MR) is 154 cm³/mol. The van der Waals surface area contributed by atoms with Gasteiger partial charge in [-0.1, -0.05) is 46.1 Å². The maximum Gasteiger partial charge on any atom is 0.308 e. The van der Waals surface area contributed by atoms with Gasteiger partial charge in [0.05, 0.1) is 40.2 Å². The summed E-state index contributed by atoms with van der Waals surface area (Å²) in [7, 11) is 6.59. The molecule has 2 aliphatic heterocycles. The second kappa shape index (κ2) is 14.4. The fourth-order valence-corrected chi connectivity index (χ4v) is 6.16. The first-order valence-corrected chi connectivity index (χ1v) is 15.0. The van der Waals surface area contributed by atoms with E-state index in [0.717, 1.165) is 74.6 Å². The number of fused-ring (bicyclic) bond motifs is 1. The van der Waals surface area contributed by atoms with Crippen LogP contribution >= 0.6 is 0 Å². The Hall–Kier alpha value is -2.32. The van der Waals surface area contributed by atoms with Crippen molar-refractivity contribution in [2.75, 3.05) is 60.7 Å². The van der Waals surface area contributed by atoms with Crippen LogP contribution in [0.5, 0.6) is 11.5 Å². The molecule has 3 rings (SSSR count). The molecular weight excluding hydrogens is 494 g/mol. The number of likely N-dealkylation sites (tertiary alicyclic amines) is 1. The number of aliphatic carboxylic acids is 1. The molecule has 1 amide bonds. The van der Waals surface area contributed by atoms with Crippen LogP contribution in [0.4, 0.5) is 0 Å².